The van der Waals surface area contributed by atoms with E-state index < -0.39 is 0 Å². The normalized spacial score (nSPS) is 10.1. The summed E-state index contributed by atoms with van der Waals surface area (Å²) < 4.78 is 4.72. The lowest BCUT2D eigenvalue weighted by molar-refractivity contribution is 0.0601. The van der Waals surface area contributed by atoms with Crippen LogP contribution in [-0.4, -0.2) is 23.0 Å². The van der Waals surface area contributed by atoms with Crippen LogP contribution in [0.1, 0.15) is 15.2 Å². The minimum Gasteiger partial charge on any atom is -0.465 e. The van der Waals surface area contributed by atoms with Gasteiger partial charge in [0, 0.05) is 10.6 Å². The molecule has 0 saturated carbocycles. The van der Waals surface area contributed by atoms with Crippen molar-refractivity contribution in [1.82, 2.24) is 9.97 Å². The van der Waals surface area contributed by atoms with E-state index >= 15 is 0 Å². The van der Waals surface area contributed by atoms with Gasteiger partial charge in [-0.05, 0) is 31.2 Å². The first-order valence-electron chi connectivity index (χ1n) is 6.34. The maximum atomic E-state index is 11.6. The van der Waals surface area contributed by atoms with Crippen LogP contribution in [0.4, 0.5) is 11.5 Å². The number of rotatable bonds is 3. The Bertz CT molecular complexity index is 819. The summed E-state index contributed by atoms with van der Waals surface area (Å²) in [5.41, 5.74) is 1.27. The number of ether oxygens (including phenoxy) is 1. The summed E-state index contributed by atoms with van der Waals surface area (Å²) in [6, 6.07) is 9.16. The lowest BCUT2D eigenvalue weighted by atomic mass is 10.2. The molecule has 1 aromatic carbocycles. The van der Waals surface area contributed by atoms with Crippen LogP contribution < -0.4 is 5.32 Å². The standard InChI is InChI=1S/C15H13N3O2S.ClH/c1-9-6-12-13(16-8-17-14(12)21-9)18-11-5-3-4-10(7-11)15(19)20-2;/h3-8H,1-2H3,(H,16,17,18);1H. The lowest BCUT2D eigenvalue weighted by Gasteiger charge is -2.07. The SMILES string of the molecule is COC(=O)c1cccc(Nc2ncnc3sc(C)cc23)c1.Cl. The van der Waals surface area contributed by atoms with Gasteiger partial charge in [0.05, 0.1) is 18.1 Å². The van der Waals surface area contributed by atoms with E-state index in [0.29, 0.717) is 5.56 Å². The number of anilines is 2. The van der Waals surface area contributed by atoms with Gasteiger partial charge in [0.2, 0.25) is 0 Å². The summed E-state index contributed by atoms with van der Waals surface area (Å²) in [4.78, 5) is 22.2. The van der Waals surface area contributed by atoms with Gasteiger partial charge in [-0.15, -0.1) is 23.7 Å². The summed E-state index contributed by atoms with van der Waals surface area (Å²) in [6.45, 7) is 2.04. The zero-order valence-electron chi connectivity index (χ0n) is 12.0. The molecule has 3 aromatic rings. The number of fused-ring (bicyclic) bond motifs is 1. The Kier molecular flexibility index (Phi) is 4.95. The van der Waals surface area contributed by atoms with E-state index in [1.54, 1.807) is 29.5 Å². The molecule has 0 unspecified atom stereocenters. The molecule has 0 atom stereocenters. The highest BCUT2D eigenvalue weighted by Crippen LogP contribution is 2.29. The zero-order chi connectivity index (χ0) is 14.8. The summed E-state index contributed by atoms with van der Waals surface area (Å²) in [6.07, 6.45) is 1.53. The Morgan fingerprint density at radius 1 is 1.27 bits per heavy atom. The van der Waals surface area contributed by atoms with Crippen molar-refractivity contribution in [1.29, 1.82) is 0 Å². The molecule has 0 radical (unpaired) electrons. The van der Waals surface area contributed by atoms with Crippen LogP contribution in [-0.2, 0) is 4.74 Å². The third kappa shape index (κ3) is 3.18. The van der Waals surface area contributed by atoms with Gasteiger partial charge in [0.15, 0.2) is 0 Å². The van der Waals surface area contributed by atoms with Crippen molar-refractivity contribution in [2.75, 3.05) is 12.4 Å². The molecule has 2 aromatic heterocycles. The predicted octanol–water partition coefficient (Wildman–Crippen LogP) is 3.95. The minimum atomic E-state index is -0.363. The van der Waals surface area contributed by atoms with E-state index in [1.807, 2.05) is 19.1 Å². The van der Waals surface area contributed by atoms with Crippen molar-refractivity contribution in [3.8, 4) is 0 Å². The molecule has 5 nitrogen and oxygen atoms in total. The average Bonchev–Trinajstić information content (AvgIpc) is 2.88. The van der Waals surface area contributed by atoms with Gasteiger partial charge >= 0.3 is 5.97 Å². The molecule has 0 aliphatic carbocycles. The maximum absolute atomic E-state index is 11.6. The molecule has 2 heterocycles. The molecule has 22 heavy (non-hydrogen) atoms. The molecular weight excluding hydrogens is 322 g/mol. The molecule has 0 saturated heterocycles. The number of aromatic nitrogens is 2. The molecule has 3 rings (SSSR count). The van der Waals surface area contributed by atoms with E-state index in [4.69, 9.17) is 4.74 Å². The second kappa shape index (κ2) is 6.72. The Hall–Kier alpha value is -2.18. The molecular formula is C15H14ClN3O2S. The highest BCUT2D eigenvalue weighted by Gasteiger charge is 2.09. The van der Waals surface area contributed by atoms with Crippen molar-refractivity contribution >= 4 is 51.4 Å². The second-order valence-corrected chi connectivity index (χ2v) is 5.73. The zero-order valence-corrected chi connectivity index (χ0v) is 13.6. The number of nitrogens with one attached hydrogen (secondary N) is 1. The molecule has 114 valence electrons. The van der Waals surface area contributed by atoms with E-state index in [1.165, 1.54) is 18.3 Å². The summed E-state index contributed by atoms with van der Waals surface area (Å²) in [5.74, 6) is 0.365. The van der Waals surface area contributed by atoms with Crippen LogP contribution in [0.25, 0.3) is 10.2 Å². The van der Waals surface area contributed by atoms with Crippen molar-refractivity contribution in [2.45, 2.75) is 6.92 Å². The van der Waals surface area contributed by atoms with Gasteiger partial charge < -0.3 is 10.1 Å². The number of hydrogen-bond donors (Lipinski definition) is 1. The van der Waals surface area contributed by atoms with Gasteiger partial charge in [0.1, 0.15) is 17.0 Å². The van der Waals surface area contributed by atoms with Gasteiger partial charge in [-0.1, -0.05) is 6.07 Å². The quantitative estimate of drug-likeness (QED) is 0.734. The monoisotopic (exact) mass is 335 g/mol. The van der Waals surface area contributed by atoms with Crippen molar-refractivity contribution < 1.29 is 9.53 Å². The first kappa shape index (κ1) is 16.2. The van der Waals surface area contributed by atoms with Crippen LogP contribution in [0.2, 0.25) is 0 Å². The fourth-order valence-corrected chi connectivity index (χ4v) is 2.90. The largest absolute Gasteiger partial charge is 0.465 e. The number of thiophene rings is 1. The fraction of sp³-hybridized carbons (Fsp3) is 0.133. The molecule has 0 fully saturated rings. The number of carbonyl (C=O) groups excluding carboxylic acids is 1. The summed E-state index contributed by atoms with van der Waals surface area (Å²) in [5, 5.41) is 4.20. The summed E-state index contributed by atoms with van der Waals surface area (Å²) >= 11 is 1.62. The average molecular weight is 336 g/mol. The number of carbonyl (C=O) groups is 1. The number of halogens is 1. The van der Waals surface area contributed by atoms with Crippen LogP contribution in [0.3, 0.4) is 0 Å². The van der Waals surface area contributed by atoms with Gasteiger partial charge in [-0.25, -0.2) is 14.8 Å². The van der Waals surface area contributed by atoms with Gasteiger partial charge in [-0.3, -0.25) is 0 Å². The van der Waals surface area contributed by atoms with Gasteiger partial charge in [-0.2, -0.15) is 0 Å². The highest BCUT2D eigenvalue weighted by molar-refractivity contribution is 7.18. The Morgan fingerprint density at radius 3 is 2.86 bits per heavy atom. The Labute approximate surface area is 137 Å². The first-order valence-corrected chi connectivity index (χ1v) is 7.15. The molecule has 0 spiro atoms. The molecule has 0 aliphatic rings. The van der Waals surface area contributed by atoms with E-state index in [0.717, 1.165) is 21.7 Å². The molecule has 1 N–H and O–H groups in total. The van der Waals surface area contributed by atoms with Gasteiger partial charge in [0.25, 0.3) is 0 Å². The summed E-state index contributed by atoms with van der Waals surface area (Å²) in [7, 11) is 1.37. The number of methoxy groups -OCH3 is 1. The number of benzene rings is 1. The first-order chi connectivity index (χ1) is 10.2. The van der Waals surface area contributed by atoms with Crippen molar-refractivity contribution in [3.05, 3.63) is 47.1 Å². The lowest BCUT2D eigenvalue weighted by Crippen LogP contribution is -2.02. The maximum Gasteiger partial charge on any atom is 0.337 e. The molecule has 0 amide bonds. The van der Waals surface area contributed by atoms with Crippen molar-refractivity contribution in [2.24, 2.45) is 0 Å². The van der Waals surface area contributed by atoms with E-state index in [2.05, 4.69) is 15.3 Å². The minimum absolute atomic E-state index is 0. The van der Waals surface area contributed by atoms with Crippen LogP contribution in [0, 0.1) is 6.92 Å². The Morgan fingerprint density at radius 2 is 2.09 bits per heavy atom. The van der Waals surface area contributed by atoms with Crippen LogP contribution in [0.5, 0.6) is 0 Å². The third-order valence-electron chi connectivity index (χ3n) is 3.00. The third-order valence-corrected chi connectivity index (χ3v) is 3.96. The molecule has 7 heteroatoms. The number of nitrogens with zero attached hydrogens (tertiary/aromatic N) is 2. The number of hydrogen-bond acceptors (Lipinski definition) is 6. The Balaban J connectivity index is 0.00000176. The molecule has 0 bridgehead atoms. The number of aryl methyl sites for hydroxylation is 1. The smallest absolute Gasteiger partial charge is 0.337 e. The number of esters is 1. The highest BCUT2D eigenvalue weighted by atomic mass is 35.5. The fourth-order valence-electron chi connectivity index (χ4n) is 2.05. The van der Waals surface area contributed by atoms with Crippen LogP contribution in [0.15, 0.2) is 36.7 Å². The topological polar surface area (TPSA) is 64.1 Å². The van der Waals surface area contributed by atoms with E-state index in [9.17, 15) is 4.79 Å². The van der Waals surface area contributed by atoms with Crippen molar-refractivity contribution in [3.63, 3.8) is 0 Å². The predicted molar refractivity (Wildman–Crippen MR) is 90.5 cm³/mol. The second-order valence-electron chi connectivity index (χ2n) is 4.50. The van der Waals surface area contributed by atoms with E-state index in [-0.39, 0.29) is 18.4 Å². The van der Waals surface area contributed by atoms with Crippen LogP contribution >= 0.6 is 23.7 Å². The molecule has 0 aliphatic heterocycles.